The number of carbonyl (C=O) groups excluding carboxylic acids is 1. The molecule has 0 aromatic heterocycles. The Balaban J connectivity index is 1.60. The third-order valence-electron chi connectivity index (χ3n) is 11.0. The first-order chi connectivity index (χ1) is 16.5. The molecular weight excluding hydrogens is 480 g/mol. The summed E-state index contributed by atoms with van der Waals surface area (Å²) < 4.78 is 19.6. The fourth-order valence-corrected chi connectivity index (χ4v) is 10.8. The lowest BCUT2D eigenvalue weighted by Crippen LogP contribution is -2.55. The van der Waals surface area contributed by atoms with Crippen LogP contribution in [0.5, 0.6) is 0 Å². The molecule has 0 aliphatic heterocycles. The summed E-state index contributed by atoms with van der Waals surface area (Å²) in [5, 5.41) is 0.218. The predicted octanol–water partition coefficient (Wildman–Crippen LogP) is 8.10. The lowest BCUT2D eigenvalue weighted by molar-refractivity contribution is -0.150. The van der Waals surface area contributed by atoms with Gasteiger partial charge in [0.1, 0.15) is 6.61 Å². The van der Waals surface area contributed by atoms with Crippen molar-refractivity contribution in [3.8, 4) is 0 Å². The molecule has 36 heavy (non-hydrogen) atoms. The number of ether oxygens (including phenoxy) is 1. The predicted molar refractivity (Wildman–Crippen MR) is 153 cm³/mol. The summed E-state index contributed by atoms with van der Waals surface area (Å²) in [5.74, 6) is 1.85. The Morgan fingerprint density at radius 2 is 1.69 bits per heavy atom. The Labute approximate surface area is 223 Å². The minimum absolute atomic E-state index is 0.000921. The smallest absolute Gasteiger partial charge is 0.302 e. The van der Waals surface area contributed by atoms with Crippen LogP contribution >= 0.6 is 0 Å². The number of allylic oxidation sites excluding steroid dienone is 1. The van der Waals surface area contributed by atoms with Crippen molar-refractivity contribution in [2.45, 2.75) is 136 Å². The molecule has 7 atom stereocenters. The number of hydrogen-bond acceptors (Lipinski definition) is 4. The third-order valence-corrected chi connectivity index (χ3v) is 16.5. The van der Waals surface area contributed by atoms with Crippen molar-refractivity contribution >= 4 is 22.6 Å². The van der Waals surface area contributed by atoms with Gasteiger partial charge in [-0.3, -0.25) is 4.79 Å². The summed E-state index contributed by atoms with van der Waals surface area (Å²) in [6, 6.07) is 0. The number of fused-ring (bicyclic) bond motifs is 5. The van der Waals surface area contributed by atoms with Gasteiger partial charge < -0.3 is 13.6 Å². The first-order valence-electron chi connectivity index (χ1n) is 14.7. The summed E-state index contributed by atoms with van der Waals surface area (Å²) in [5.41, 5.74) is 1.83. The summed E-state index contributed by atoms with van der Waals surface area (Å²) in [6.45, 7) is 23.4. The van der Waals surface area contributed by atoms with Crippen molar-refractivity contribution in [2.75, 3.05) is 6.61 Å². The van der Waals surface area contributed by atoms with Crippen molar-refractivity contribution in [1.29, 1.82) is 0 Å². The molecule has 0 bridgehead atoms. The van der Waals surface area contributed by atoms with E-state index in [2.05, 4.69) is 66.5 Å². The number of esters is 1. The van der Waals surface area contributed by atoms with Crippen LogP contribution in [0.1, 0.15) is 86.0 Å². The van der Waals surface area contributed by atoms with Gasteiger partial charge in [0.25, 0.3) is 0 Å². The van der Waals surface area contributed by atoms with E-state index in [0.29, 0.717) is 36.6 Å². The molecule has 4 nitrogen and oxygen atoms in total. The number of rotatable bonds is 6. The Bertz CT molecular complexity index is 869. The van der Waals surface area contributed by atoms with Gasteiger partial charge in [0.2, 0.25) is 0 Å². The van der Waals surface area contributed by atoms with Crippen molar-refractivity contribution < 1.29 is 18.4 Å². The maximum atomic E-state index is 12.0. The first kappa shape index (κ1) is 28.6. The van der Waals surface area contributed by atoms with E-state index >= 15 is 0 Å². The highest BCUT2D eigenvalue weighted by Gasteiger charge is 2.61. The Hall–Kier alpha value is -0.436. The maximum absolute atomic E-state index is 12.0. The average Bonchev–Trinajstić information content (AvgIpc) is 3.06. The van der Waals surface area contributed by atoms with Crippen LogP contribution in [0.4, 0.5) is 0 Å². The maximum Gasteiger partial charge on any atom is 0.302 e. The fraction of sp³-hybridized carbons (Fsp3) is 0.900. The van der Waals surface area contributed by atoms with Gasteiger partial charge >= 0.3 is 5.97 Å². The highest BCUT2D eigenvalue weighted by molar-refractivity contribution is 6.74. The minimum atomic E-state index is -1.82. The van der Waals surface area contributed by atoms with Gasteiger partial charge in [-0.15, -0.1) is 0 Å². The van der Waals surface area contributed by atoms with E-state index in [9.17, 15) is 4.79 Å². The van der Waals surface area contributed by atoms with Crippen LogP contribution in [0, 0.1) is 28.6 Å². The Morgan fingerprint density at radius 3 is 2.31 bits per heavy atom. The van der Waals surface area contributed by atoms with Crippen LogP contribution in [0.25, 0.3) is 0 Å². The molecule has 3 saturated carbocycles. The largest absolute Gasteiger partial charge is 0.465 e. The lowest BCUT2D eigenvalue weighted by atomic mass is 9.47. The van der Waals surface area contributed by atoms with E-state index in [1.54, 1.807) is 6.92 Å². The van der Waals surface area contributed by atoms with Gasteiger partial charge in [0.15, 0.2) is 16.6 Å². The zero-order valence-corrected chi connectivity index (χ0v) is 27.0. The topological polar surface area (TPSA) is 44.8 Å². The van der Waals surface area contributed by atoms with Crippen LogP contribution < -0.4 is 0 Å². The molecule has 0 amide bonds. The number of hydrogen-bond donors (Lipinski definition) is 0. The quantitative estimate of drug-likeness (QED) is 0.196. The molecule has 3 fully saturated rings. The summed E-state index contributed by atoms with van der Waals surface area (Å²) in [4.78, 5) is 12.0. The zero-order chi connectivity index (χ0) is 26.7. The Morgan fingerprint density at radius 1 is 1.00 bits per heavy atom. The zero-order valence-electron chi connectivity index (χ0n) is 25.0. The molecule has 6 heteroatoms. The number of carbonyl (C=O) groups is 1. The van der Waals surface area contributed by atoms with Crippen molar-refractivity contribution in [3.05, 3.63) is 11.6 Å². The van der Waals surface area contributed by atoms with Crippen LogP contribution in [0.3, 0.4) is 0 Å². The second kappa shape index (κ2) is 9.64. The molecule has 0 aromatic rings. The molecule has 4 rings (SSSR count). The molecule has 4 aliphatic rings. The average molecular weight is 535 g/mol. The van der Waals surface area contributed by atoms with Crippen LogP contribution in [0.15, 0.2) is 11.6 Å². The van der Waals surface area contributed by atoms with E-state index in [0.717, 1.165) is 19.3 Å². The van der Waals surface area contributed by atoms with Gasteiger partial charge in [0, 0.05) is 18.4 Å². The summed E-state index contributed by atoms with van der Waals surface area (Å²) in [7, 11) is -3.40. The highest BCUT2D eigenvalue weighted by Crippen LogP contribution is 2.66. The molecule has 4 aliphatic carbocycles. The Kier molecular flexibility index (Phi) is 7.65. The standard InChI is InChI=1S/C30H54O4Si2/c1-21(31)32-20-30-18-15-23(33-36(9,10)28(2,3)4)19-22(30)11-12-24-25-13-14-27(34-35(6,7)8)29(25,5)17-16-26(24)30/h11,23-27H,12-20H2,1-10H3/t23?,24-,25-,26+,27?,29-,30+/m0/s1. The summed E-state index contributed by atoms with van der Waals surface area (Å²) in [6.07, 6.45) is 12.6. The highest BCUT2D eigenvalue weighted by atomic mass is 28.4. The van der Waals surface area contributed by atoms with Gasteiger partial charge in [-0.2, -0.15) is 0 Å². The molecule has 0 heterocycles. The minimum Gasteiger partial charge on any atom is -0.465 e. The van der Waals surface area contributed by atoms with Crippen LogP contribution in [-0.4, -0.2) is 41.4 Å². The monoisotopic (exact) mass is 534 g/mol. The van der Waals surface area contributed by atoms with E-state index < -0.39 is 16.6 Å². The SMILES string of the molecule is CC(=O)OC[C@]12CCC(O[Si](C)(C)C(C)(C)C)CC1=CC[C@@H]1[C@H]2CC[C@]2(C)C(O[Si](C)(C)C)CC[C@@H]12. The van der Waals surface area contributed by atoms with Crippen molar-refractivity contribution in [2.24, 2.45) is 28.6 Å². The van der Waals surface area contributed by atoms with Gasteiger partial charge in [0.05, 0.1) is 6.10 Å². The van der Waals surface area contributed by atoms with Gasteiger partial charge in [-0.1, -0.05) is 39.3 Å². The molecular formula is C30H54O4Si2. The fourth-order valence-electron chi connectivity index (χ4n) is 8.19. The van der Waals surface area contributed by atoms with E-state index in [1.807, 2.05) is 0 Å². The molecule has 0 radical (unpaired) electrons. The van der Waals surface area contributed by atoms with Crippen LogP contribution in [0.2, 0.25) is 37.8 Å². The summed E-state index contributed by atoms with van der Waals surface area (Å²) >= 11 is 0. The molecule has 0 aromatic carbocycles. The third kappa shape index (κ3) is 5.22. The molecule has 2 unspecified atom stereocenters. The normalized spacial score (nSPS) is 39.1. The molecule has 0 spiro atoms. The van der Waals surface area contributed by atoms with E-state index in [-0.39, 0.29) is 21.8 Å². The second-order valence-corrected chi connectivity index (χ2v) is 24.6. The molecule has 0 saturated heterocycles. The van der Waals surface area contributed by atoms with Crippen LogP contribution in [-0.2, 0) is 18.4 Å². The first-order valence-corrected chi connectivity index (χ1v) is 21.0. The molecule has 0 N–H and O–H groups in total. The van der Waals surface area contributed by atoms with Crippen molar-refractivity contribution in [1.82, 2.24) is 0 Å². The van der Waals surface area contributed by atoms with E-state index in [4.69, 9.17) is 13.6 Å². The molecule has 206 valence electrons. The van der Waals surface area contributed by atoms with Gasteiger partial charge in [-0.25, -0.2) is 0 Å². The van der Waals surface area contributed by atoms with Gasteiger partial charge in [-0.05, 0) is 112 Å². The van der Waals surface area contributed by atoms with E-state index in [1.165, 1.54) is 37.7 Å². The lowest BCUT2D eigenvalue weighted by Gasteiger charge is -2.59. The second-order valence-electron chi connectivity index (χ2n) is 15.4. The van der Waals surface area contributed by atoms with Crippen molar-refractivity contribution in [3.63, 3.8) is 0 Å².